The van der Waals surface area contributed by atoms with Crippen molar-refractivity contribution in [3.8, 4) is 0 Å². The molecule has 0 saturated carbocycles. The van der Waals surface area contributed by atoms with E-state index in [4.69, 9.17) is 14.2 Å². The molecule has 2 atom stereocenters. The molecule has 1 heterocycles. The van der Waals surface area contributed by atoms with E-state index in [1.54, 1.807) is 6.92 Å². The van der Waals surface area contributed by atoms with Gasteiger partial charge in [-0.2, -0.15) is 0 Å². The van der Waals surface area contributed by atoms with Crippen LogP contribution in [0.4, 0.5) is 0 Å². The van der Waals surface area contributed by atoms with Crippen LogP contribution >= 0.6 is 0 Å². The third-order valence-electron chi connectivity index (χ3n) is 4.03. The Morgan fingerprint density at radius 2 is 2.08 bits per heavy atom. The number of rotatable bonds is 10. The zero-order valence-electron chi connectivity index (χ0n) is 15.0. The topological polar surface area (TPSA) is 88.1 Å². The Labute approximate surface area is 143 Å². The van der Waals surface area contributed by atoms with E-state index in [1.807, 2.05) is 0 Å². The van der Waals surface area contributed by atoms with E-state index in [0.29, 0.717) is 12.5 Å². The van der Waals surface area contributed by atoms with E-state index in [-0.39, 0.29) is 32.5 Å². The fourth-order valence-electron chi connectivity index (χ4n) is 2.56. The first-order valence-electron chi connectivity index (χ1n) is 8.38. The standard InChI is InChI=1S/C17H28O7/c1-5-23-15(19)17(8-6-14(18)21-4)10-13(24-16(17)20)11-22-9-7-12(2)3/h12-13H,5-11H2,1-4H3. The normalized spacial score (nSPS) is 23.2. The van der Waals surface area contributed by atoms with Crippen molar-refractivity contribution in [3.63, 3.8) is 0 Å². The highest BCUT2D eigenvalue weighted by atomic mass is 16.6. The van der Waals surface area contributed by atoms with Crippen LogP contribution in [0.15, 0.2) is 0 Å². The number of hydrogen-bond donors (Lipinski definition) is 0. The average Bonchev–Trinajstić information content (AvgIpc) is 2.86. The molecule has 0 bridgehead atoms. The van der Waals surface area contributed by atoms with E-state index >= 15 is 0 Å². The first kappa shape index (κ1) is 20.4. The van der Waals surface area contributed by atoms with Gasteiger partial charge in [0.25, 0.3) is 0 Å². The van der Waals surface area contributed by atoms with Gasteiger partial charge in [-0.05, 0) is 25.7 Å². The molecule has 0 aromatic rings. The zero-order chi connectivity index (χ0) is 18.2. The van der Waals surface area contributed by atoms with Crippen LogP contribution in [0, 0.1) is 11.3 Å². The summed E-state index contributed by atoms with van der Waals surface area (Å²) < 4.78 is 20.5. The summed E-state index contributed by atoms with van der Waals surface area (Å²) in [5.41, 5.74) is -1.45. The van der Waals surface area contributed by atoms with Gasteiger partial charge >= 0.3 is 17.9 Å². The SMILES string of the molecule is CCOC(=O)C1(CCC(=O)OC)CC(COCCC(C)C)OC1=O. The Morgan fingerprint density at radius 1 is 1.38 bits per heavy atom. The molecular weight excluding hydrogens is 316 g/mol. The lowest BCUT2D eigenvalue weighted by Crippen LogP contribution is -2.38. The summed E-state index contributed by atoms with van der Waals surface area (Å²) in [4.78, 5) is 36.1. The molecule has 1 fully saturated rings. The Morgan fingerprint density at radius 3 is 2.67 bits per heavy atom. The summed E-state index contributed by atoms with van der Waals surface area (Å²) in [6, 6.07) is 0. The summed E-state index contributed by atoms with van der Waals surface area (Å²) in [5.74, 6) is -1.26. The Bertz CT molecular complexity index is 446. The molecule has 2 unspecified atom stereocenters. The quantitative estimate of drug-likeness (QED) is 0.259. The Balaban J connectivity index is 2.70. The molecular formula is C17H28O7. The number of methoxy groups -OCH3 is 1. The molecule has 24 heavy (non-hydrogen) atoms. The van der Waals surface area contributed by atoms with E-state index in [1.165, 1.54) is 7.11 Å². The van der Waals surface area contributed by atoms with Crippen molar-refractivity contribution in [2.75, 3.05) is 26.9 Å². The minimum atomic E-state index is -1.45. The monoisotopic (exact) mass is 344 g/mol. The van der Waals surface area contributed by atoms with Crippen LogP contribution in [0.3, 0.4) is 0 Å². The van der Waals surface area contributed by atoms with Crippen molar-refractivity contribution in [1.29, 1.82) is 0 Å². The van der Waals surface area contributed by atoms with Crippen LogP contribution < -0.4 is 0 Å². The van der Waals surface area contributed by atoms with Crippen molar-refractivity contribution in [1.82, 2.24) is 0 Å². The molecule has 0 spiro atoms. The molecule has 0 N–H and O–H groups in total. The third kappa shape index (κ3) is 5.47. The highest BCUT2D eigenvalue weighted by Crippen LogP contribution is 2.40. The van der Waals surface area contributed by atoms with Crippen molar-refractivity contribution in [2.45, 2.75) is 52.6 Å². The fourth-order valence-corrected chi connectivity index (χ4v) is 2.56. The van der Waals surface area contributed by atoms with E-state index < -0.39 is 29.4 Å². The summed E-state index contributed by atoms with van der Waals surface area (Å²) in [6.45, 7) is 6.81. The second-order valence-electron chi connectivity index (χ2n) is 6.37. The van der Waals surface area contributed by atoms with Crippen molar-refractivity contribution in [3.05, 3.63) is 0 Å². The van der Waals surface area contributed by atoms with Gasteiger partial charge in [0.2, 0.25) is 0 Å². The average molecular weight is 344 g/mol. The van der Waals surface area contributed by atoms with Crippen LogP contribution in [0.2, 0.25) is 0 Å². The maximum Gasteiger partial charge on any atom is 0.324 e. The Kier molecular flexibility index (Phi) is 8.18. The van der Waals surface area contributed by atoms with Crippen molar-refractivity contribution >= 4 is 17.9 Å². The lowest BCUT2D eigenvalue weighted by atomic mass is 9.80. The second kappa shape index (κ2) is 9.61. The predicted molar refractivity (Wildman–Crippen MR) is 85.1 cm³/mol. The molecule has 0 aliphatic carbocycles. The zero-order valence-corrected chi connectivity index (χ0v) is 15.0. The molecule has 1 aliphatic rings. The summed E-state index contributed by atoms with van der Waals surface area (Å²) >= 11 is 0. The number of carbonyl (C=O) groups is 3. The lowest BCUT2D eigenvalue weighted by molar-refractivity contribution is -0.166. The maximum absolute atomic E-state index is 12.3. The van der Waals surface area contributed by atoms with Gasteiger partial charge in [-0.15, -0.1) is 0 Å². The van der Waals surface area contributed by atoms with Gasteiger partial charge in [0.1, 0.15) is 6.10 Å². The van der Waals surface area contributed by atoms with Crippen molar-refractivity contribution in [2.24, 2.45) is 11.3 Å². The van der Waals surface area contributed by atoms with Crippen LogP contribution in [0.1, 0.15) is 46.5 Å². The van der Waals surface area contributed by atoms with E-state index in [9.17, 15) is 14.4 Å². The lowest BCUT2D eigenvalue weighted by Gasteiger charge is -2.21. The van der Waals surface area contributed by atoms with Crippen LogP contribution in [0.5, 0.6) is 0 Å². The molecule has 0 amide bonds. The van der Waals surface area contributed by atoms with Gasteiger partial charge in [-0.25, -0.2) is 0 Å². The number of esters is 3. The maximum atomic E-state index is 12.3. The van der Waals surface area contributed by atoms with Gasteiger partial charge in [0.05, 0.1) is 20.3 Å². The smallest absolute Gasteiger partial charge is 0.324 e. The summed E-state index contributed by atoms with van der Waals surface area (Å²) in [7, 11) is 1.26. The summed E-state index contributed by atoms with van der Waals surface area (Å²) in [5, 5.41) is 0. The number of cyclic esters (lactones) is 1. The highest BCUT2D eigenvalue weighted by molar-refractivity contribution is 6.01. The van der Waals surface area contributed by atoms with Crippen LogP contribution in [-0.4, -0.2) is 50.9 Å². The van der Waals surface area contributed by atoms with E-state index in [2.05, 4.69) is 18.6 Å². The Hall–Kier alpha value is -1.63. The fraction of sp³-hybridized carbons (Fsp3) is 0.824. The molecule has 7 nitrogen and oxygen atoms in total. The first-order chi connectivity index (χ1) is 11.4. The van der Waals surface area contributed by atoms with Gasteiger partial charge in [-0.1, -0.05) is 13.8 Å². The van der Waals surface area contributed by atoms with Crippen molar-refractivity contribution < 1.29 is 33.3 Å². The van der Waals surface area contributed by atoms with Crippen LogP contribution in [-0.2, 0) is 33.3 Å². The largest absolute Gasteiger partial charge is 0.469 e. The molecule has 1 rings (SSSR count). The molecule has 0 radical (unpaired) electrons. The molecule has 1 saturated heterocycles. The van der Waals surface area contributed by atoms with Crippen LogP contribution in [0.25, 0.3) is 0 Å². The minimum absolute atomic E-state index is 0.0137. The third-order valence-corrected chi connectivity index (χ3v) is 4.03. The minimum Gasteiger partial charge on any atom is -0.469 e. The van der Waals surface area contributed by atoms with Gasteiger partial charge in [0.15, 0.2) is 5.41 Å². The summed E-state index contributed by atoms with van der Waals surface area (Å²) in [6.07, 6.45) is 0.521. The molecule has 0 aromatic heterocycles. The van der Waals surface area contributed by atoms with Gasteiger partial charge in [-0.3, -0.25) is 14.4 Å². The number of ether oxygens (including phenoxy) is 4. The molecule has 7 heteroatoms. The van der Waals surface area contributed by atoms with Gasteiger partial charge < -0.3 is 18.9 Å². The van der Waals surface area contributed by atoms with Gasteiger partial charge in [0, 0.05) is 19.4 Å². The molecule has 138 valence electrons. The predicted octanol–water partition coefficient (Wildman–Crippen LogP) is 1.87. The number of carbonyl (C=O) groups excluding carboxylic acids is 3. The molecule has 1 aliphatic heterocycles. The first-order valence-corrected chi connectivity index (χ1v) is 8.38. The second-order valence-corrected chi connectivity index (χ2v) is 6.37. The highest BCUT2D eigenvalue weighted by Gasteiger charge is 2.56. The number of hydrogen-bond acceptors (Lipinski definition) is 7. The molecule has 0 aromatic carbocycles. The van der Waals surface area contributed by atoms with E-state index in [0.717, 1.165) is 6.42 Å².